The molecule has 1 aromatic rings. The summed E-state index contributed by atoms with van der Waals surface area (Å²) in [5.74, 6) is 2.20. The number of hydrogen-bond donors (Lipinski definition) is 1. The van der Waals surface area contributed by atoms with E-state index in [0.29, 0.717) is 6.61 Å². The van der Waals surface area contributed by atoms with Gasteiger partial charge in [-0.1, -0.05) is 6.92 Å². The van der Waals surface area contributed by atoms with Crippen LogP contribution < -0.4 is 10.5 Å². The fraction of sp³-hybridized carbons (Fsp3) is 0.600. The van der Waals surface area contributed by atoms with Crippen LogP contribution >= 0.6 is 11.8 Å². The molecule has 1 atom stereocenters. The van der Waals surface area contributed by atoms with E-state index in [1.165, 1.54) is 24.3 Å². The minimum atomic E-state index is 0.699. The topological polar surface area (TPSA) is 38.5 Å². The molecule has 2 N–H and O–H groups in total. The van der Waals surface area contributed by atoms with Gasteiger partial charge < -0.3 is 10.5 Å². The Morgan fingerprint density at radius 1 is 1.42 bits per heavy atom. The molecule has 0 amide bonds. The van der Waals surface area contributed by atoms with Gasteiger partial charge in [-0.05, 0) is 31.5 Å². The maximum Gasteiger partial charge on any atom is 0.123 e. The summed E-state index contributed by atoms with van der Waals surface area (Å²) in [5.41, 5.74) is 7.93. The van der Waals surface area contributed by atoms with Gasteiger partial charge in [-0.15, -0.1) is 0 Å². The molecule has 106 valence electrons. The minimum absolute atomic E-state index is 0.699. The first-order chi connectivity index (χ1) is 9.22. The molecule has 1 aliphatic rings. The van der Waals surface area contributed by atoms with E-state index in [2.05, 4.69) is 23.6 Å². The zero-order valence-electron chi connectivity index (χ0n) is 11.9. The van der Waals surface area contributed by atoms with Gasteiger partial charge in [0.05, 0.1) is 6.61 Å². The second kappa shape index (κ2) is 7.06. The molecule has 1 aromatic carbocycles. The van der Waals surface area contributed by atoms with Crippen molar-refractivity contribution in [2.75, 3.05) is 31.2 Å². The van der Waals surface area contributed by atoms with Gasteiger partial charge in [0.15, 0.2) is 0 Å². The molecule has 2 rings (SSSR count). The van der Waals surface area contributed by atoms with Gasteiger partial charge in [0.25, 0.3) is 0 Å². The van der Waals surface area contributed by atoms with Crippen LogP contribution in [0.3, 0.4) is 0 Å². The number of anilines is 1. The highest BCUT2D eigenvalue weighted by atomic mass is 32.2. The number of rotatable bonds is 5. The smallest absolute Gasteiger partial charge is 0.123 e. The Kier molecular flexibility index (Phi) is 5.40. The summed E-state index contributed by atoms with van der Waals surface area (Å²) < 4.78 is 5.70. The first-order valence-electron chi connectivity index (χ1n) is 7.08. The molecule has 1 aliphatic heterocycles. The van der Waals surface area contributed by atoms with Crippen LogP contribution in [0.1, 0.15) is 25.8 Å². The number of nitrogens with zero attached hydrogens (tertiary/aromatic N) is 1. The summed E-state index contributed by atoms with van der Waals surface area (Å²) in [6.45, 7) is 8.25. The first-order valence-corrected chi connectivity index (χ1v) is 8.13. The fourth-order valence-corrected chi connectivity index (χ4v) is 3.68. The van der Waals surface area contributed by atoms with Crippen molar-refractivity contribution in [1.82, 2.24) is 4.90 Å². The second-order valence-corrected chi connectivity index (χ2v) is 6.34. The Hall–Kier alpha value is -0.870. The van der Waals surface area contributed by atoms with Crippen molar-refractivity contribution < 1.29 is 4.74 Å². The average Bonchev–Trinajstić information content (AvgIpc) is 2.42. The Morgan fingerprint density at radius 2 is 2.26 bits per heavy atom. The molecule has 0 saturated carbocycles. The van der Waals surface area contributed by atoms with E-state index in [9.17, 15) is 0 Å². The van der Waals surface area contributed by atoms with Crippen molar-refractivity contribution in [3.8, 4) is 5.75 Å². The third-order valence-electron chi connectivity index (χ3n) is 3.46. The van der Waals surface area contributed by atoms with Gasteiger partial charge in [0, 0.05) is 41.9 Å². The lowest BCUT2D eigenvalue weighted by Gasteiger charge is -2.32. The highest BCUT2D eigenvalue weighted by Gasteiger charge is 2.20. The predicted molar refractivity (Wildman–Crippen MR) is 83.8 cm³/mol. The third-order valence-corrected chi connectivity index (χ3v) is 4.83. The first kappa shape index (κ1) is 14.5. The highest BCUT2D eigenvalue weighted by Crippen LogP contribution is 2.26. The summed E-state index contributed by atoms with van der Waals surface area (Å²) in [7, 11) is 0. The van der Waals surface area contributed by atoms with Crippen molar-refractivity contribution in [3.63, 3.8) is 0 Å². The third kappa shape index (κ3) is 4.05. The van der Waals surface area contributed by atoms with E-state index in [-0.39, 0.29) is 0 Å². The average molecular weight is 280 g/mol. The van der Waals surface area contributed by atoms with Crippen molar-refractivity contribution in [2.24, 2.45) is 0 Å². The SMILES string of the molecule is CCOc1ccc(N)cc1CN1CCSC(CC)C1. The lowest BCUT2D eigenvalue weighted by Crippen LogP contribution is -2.37. The maximum atomic E-state index is 5.90. The molecule has 0 aromatic heterocycles. The lowest BCUT2D eigenvalue weighted by atomic mass is 10.1. The Balaban J connectivity index is 2.06. The molecular weight excluding hydrogens is 256 g/mol. The maximum absolute atomic E-state index is 5.90. The van der Waals surface area contributed by atoms with Gasteiger partial charge in [-0.25, -0.2) is 0 Å². The largest absolute Gasteiger partial charge is 0.494 e. The van der Waals surface area contributed by atoms with Crippen LogP contribution in [0.25, 0.3) is 0 Å². The quantitative estimate of drug-likeness (QED) is 0.842. The fourth-order valence-electron chi connectivity index (χ4n) is 2.43. The lowest BCUT2D eigenvalue weighted by molar-refractivity contribution is 0.264. The van der Waals surface area contributed by atoms with Crippen molar-refractivity contribution in [1.29, 1.82) is 0 Å². The van der Waals surface area contributed by atoms with Crippen LogP contribution in [0.5, 0.6) is 5.75 Å². The van der Waals surface area contributed by atoms with E-state index >= 15 is 0 Å². The Labute approximate surface area is 120 Å². The highest BCUT2D eigenvalue weighted by molar-refractivity contribution is 8.00. The van der Waals surface area contributed by atoms with E-state index in [1.54, 1.807) is 0 Å². The summed E-state index contributed by atoms with van der Waals surface area (Å²) in [6, 6.07) is 5.95. The normalized spacial score (nSPS) is 20.4. The molecule has 3 nitrogen and oxygen atoms in total. The molecule has 0 radical (unpaired) electrons. The molecule has 19 heavy (non-hydrogen) atoms. The van der Waals surface area contributed by atoms with Gasteiger partial charge in [0.1, 0.15) is 5.75 Å². The van der Waals surface area contributed by atoms with Gasteiger partial charge in [-0.3, -0.25) is 4.90 Å². The molecule has 1 fully saturated rings. The van der Waals surface area contributed by atoms with Gasteiger partial charge in [0.2, 0.25) is 0 Å². The summed E-state index contributed by atoms with van der Waals surface area (Å²) >= 11 is 2.10. The van der Waals surface area contributed by atoms with Crippen molar-refractivity contribution in [3.05, 3.63) is 23.8 Å². The Morgan fingerprint density at radius 3 is 3.00 bits per heavy atom. The number of thioether (sulfide) groups is 1. The zero-order chi connectivity index (χ0) is 13.7. The van der Waals surface area contributed by atoms with Crippen LogP contribution in [0.15, 0.2) is 18.2 Å². The van der Waals surface area contributed by atoms with E-state index in [4.69, 9.17) is 10.5 Å². The summed E-state index contributed by atoms with van der Waals surface area (Å²) in [4.78, 5) is 2.52. The van der Waals surface area contributed by atoms with Crippen molar-refractivity contribution in [2.45, 2.75) is 32.1 Å². The van der Waals surface area contributed by atoms with Crippen LogP contribution in [-0.2, 0) is 6.54 Å². The number of nitrogen functional groups attached to an aromatic ring is 1. The van der Waals surface area contributed by atoms with Gasteiger partial charge in [-0.2, -0.15) is 11.8 Å². The van der Waals surface area contributed by atoms with Crippen LogP contribution in [0.2, 0.25) is 0 Å². The Bertz CT molecular complexity index is 411. The molecule has 0 bridgehead atoms. The molecule has 0 spiro atoms. The summed E-state index contributed by atoms with van der Waals surface area (Å²) in [6.07, 6.45) is 1.25. The molecule has 1 unspecified atom stereocenters. The minimum Gasteiger partial charge on any atom is -0.494 e. The van der Waals surface area contributed by atoms with Crippen molar-refractivity contribution >= 4 is 17.4 Å². The van der Waals surface area contributed by atoms with E-state index in [0.717, 1.165) is 29.8 Å². The molecule has 1 heterocycles. The molecule has 1 saturated heterocycles. The standard InChI is InChI=1S/C15H24N2OS/c1-3-14-11-17(7-8-19-14)10-12-9-13(16)5-6-15(12)18-4-2/h5-6,9,14H,3-4,7-8,10-11,16H2,1-2H3. The number of hydrogen-bond acceptors (Lipinski definition) is 4. The number of nitrogens with two attached hydrogens (primary N) is 1. The zero-order valence-corrected chi connectivity index (χ0v) is 12.7. The van der Waals surface area contributed by atoms with Crippen LogP contribution in [0.4, 0.5) is 5.69 Å². The van der Waals surface area contributed by atoms with E-state index in [1.807, 2.05) is 25.1 Å². The number of benzene rings is 1. The molecule has 0 aliphatic carbocycles. The van der Waals surface area contributed by atoms with E-state index < -0.39 is 0 Å². The molecular formula is C15H24N2OS. The predicted octanol–water partition coefficient (Wildman–Crippen LogP) is 2.99. The monoisotopic (exact) mass is 280 g/mol. The second-order valence-electron chi connectivity index (χ2n) is 4.94. The summed E-state index contributed by atoms with van der Waals surface area (Å²) in [5, 5.41) is 0.769. The van der Waals surface area contributed by atoms with Crippen LogP contribution in [-0.4, -0.2) is 35.6 Å². The number of ether oxygens (including phenoxy) is 1. The van der Waals surface area contributed by atoms with Crippen LogP contribution in [0, 0.1) is 0 Å². The molecule has 4 heteroatoms. The van der Waals surface area contributed by atoms with Gasteiger partial charge >= 0.3 is 0 Å².